The van der Waals surface area contributed by atoms with Gasteiger partial charge in [0.15, 0.2) is 11.5 Å². The molecule has 1 aromatic heterocycles. The van der Waals surface area contributed by atoms with Crippen molar-refractivity contribution in [2.75, 3.05) is 13.2 Å². The van der Waals surface area contributed by atoms with Crippen molar-refractivity contribution in [1.29, 1.82) is 0 Å². The number of fused-ring (bicyclic) bond motifs is 1. The predicted octanol–water partition coefficient (Wildman–Crippen LogP) is 5.90. The molecular formula is C23H25Br2N3O3. The minimum Gasteiger partial charge on any atom is -0.490 e. The largest absolute Gasteiger partial charge is 0.490 e. The summed E-state index contributed by atoms with van der Waals surface area (Å²) in [5.74, 6) is 1.85. The molecule has 0 amide bonds. The second-order valence-corrected chi connectivity index (χ2v) is 9.66. The molecule has 0 aliphatic heterocycles. The van der Waals surface area contributed by atoms with Gasteiger partial charge < -0.3 is 9.47 Å². The molecule has 0 saturated carbocycles. The van der Waals surface area contributed by atoms with Gasteiger partial charge in [-0.3, -0.25) is 4.79 Å². The number of halogens is 2. The number of rotatable bonds is 6. The van der Waals surface area contributed by atoms with Crippen LogP contribution in [0.25, 0.3) is 10.9 Å². The van der Waals surface area contributed by atoms with E-state index in [1.807, 2.05) is 58.9 Å². The van der Waals surface area contributed by atoms with Crippen LogP contribution in [0.5, 0.6) is 11.5 Å². The molecule has 164 valence electrons. The average molecular weight is 551 g/mol. The third-order valence-electron chi connectivity index (χ3n) is 4.45. The first kappa shape index (κ1) is 23.5. The highest BCUT2D eigenvalue weighted by atomic mass is 79.9. The van der Waals surface area contributed by atoms with Crippen molar-refractivity contribution < 1.29 is 9.47 Å². The predicted molar refractivity (Wildman–Crippen MR) is 132 cm³/mol. The van der Waals surface area contributed by atoms with E-state index in [2.05, 4.69) is 37.0 Å². The van der Waals surface area contributed by atoms with E-state index in [1.54, 1.807) is 12.3 Å². The van der Waals surface area contributed by atoms with Gasteiger partial charge in [0.1, 0.15) is 5.82 Å². The van der Waals surface area contributed by atoms with E-state index in [4.69, 9.17) is 14.5 Å². The summed E-state index contributed by atoms with van der Waals surface area (Å²) in [6.45, 7) is 10.9. The maximum atomic E-state index is 13.3. The first-order chi connectivity index (χ1) is 14.7. The highest BCUT2D eigenvalue weighted by molar-refractivity contribution is 9.10. The van der Waals surface area contributed by atoms with Crippen molar-refractivity contribution in [2.24, 2.45) is 5.10 Å². The second kappa shape index (κ2) is 9.53. The Morgan fingerprint density at radius 3 is 2.32 bits per heavy atom. The number of nitrogens with zero attached hydrogens (tertiary/aromatic N) is 3. The number of ether oxygens (including phenoxy) is 2. The molecule has 2 aromatic carbocycles. The van der Waals surface area contributed by atoms with Crippen LogP contribution in [-0.2, 0) is 5.41 Å². The molecule has 0 spiro atoms. The lowest BCUT2D eigenvalue weighted by atomic mass is 9.95. The van der Waals surface area contributed by atoms with Crippen molar-refractivity contribution >= 4 is 49.0 Å². The monoisotopic (exact) mass is 549 g/mol. The highest BCUT2D eigenvalue weighted by Gasteiger charge is 2.23. The topological polar surface area (TPSA) is 65.7 Å². The molecule has 31 heavy (non-hydrogen) atoms. The van der Waals surface area contributed by atoms with Gasteiger partial charge in [-0.15, -0.1) is 0 Å². The van der Waals surface area contributed by atoms with Gasteiger partial charge in [-0.2, -0.15) is 9.78 Å². The lowest BCUT2D eigenvalue weighted by Gasteiger charge is -2.21. The summed E-state index contributed by atoms with van der Waals surface area (Å²) in [6.07, 6.45) is 1.63. The molecule has 0 N–H and O–H groups in total. The van der Waals surface area contributed by atoms with Crippen LogP contribution in [0.4, 0.5) is 0 Å². The molecule has 0 radical (unpaired) electrons. The van der Waals surface area contributed by atoms with Gasteiger partial charge in [0.05, 0.1) is 30.3 Å². The lowest BCUT2D eigenvalue weighted by molar-refractivity contribution is 0.287. The molecule has 0 saturated heterocycles. The second-order valence-electron chi connectivity index (χ2n) is 7.89. The first-order valence-corrected chi connectivity index (χ1v) is 11.6. The Morgan fingerprint density at radius 2 is 1.71 bits per heavy atom. The Morgan fingerprint density at radius 1 is 1.06 bits per heavy atom. The summed E-state index contributed by atoms with van der Waals surface area (Å²) in [6, 6.07) is 9.17. The van der Waals surface area contributed by atoms with E-state index in [1.165, 1.54) is 4.68 Å². The molecule has 0 fully saturated rings. The molecule has 0 unspecified atom stereocenters. The van der Waals surface area contributed by atoms with Gasteiger partial charge in [0.2, 0.25) is 0 Å². The quantitative estimate of drug-likeness (QED) is 0.358. The molecule has 0 aliphatic rings. The van der Waals surface area contributed by atoms with Crippen LogP contribution in [-0.4, -0.2) is 29.1 Å². The van der Waals surface area contributed by atoms with Crippen LogP contribution in [0, 0.1) is 0 Å². The molecular weight excluding hydrogens is 526 g/mol. The van der Waals surface area contributed by atoms with Gasteiger partial charge >= 0.3 is 0 Å². The van der Waals surface area contributed by atoms with E-state index in [9.17, 15) is 4.79 Å². The summed E-state index contributed by atoms with van der Waals surface area (Å²) in [5, 5.41) is 5.04. The maximum Gasteiger partial charge on any atom is 0.282 e. The number of aromatic nitrogens is 2. The van der Waals surface area contributed by atoms with E-state index < -0.39 is 0 Å². The third kappa shape index (κ3) is 5.18. The van der Waals surface area contributed by atoms with E-state index in [0.29, 0.717) is 41.4 Å². The van der Waals surface area contributed by atoms with Gasteiger partial charge in [0, 0.05) is 19.9 Å². The zero-order valence-corrected chi connectivity index (χ0v) is 21.4. The standard InChI is InChI=1S/C23H25Br2N3O3/c1-6-30-19-10-14(17(25)12-20(19)31-7-2)13-26-28-21(29)16-11-15(24)8-9-18(16)27-22(28)23(3,4)5/h8-13H,6-7H2,1-5H3. The Kier molecular flexibility index (Phi) is 7.21. The van der Waals surface area contributed by atoms with Crippen molar-refractivity contribution in [3.8, 4) is 11.5 Å². The molecule has 0 bridgehead atoms. The summed E-state index contributed by atoms with van der Waals surface area (Å²) in [7, 11) is 0. The van der Waals surface area contributed by atoms with Gasteiger partial charge in [-0.1, -0.05) is 36.7 Å². The smallest absolute Gasteiger partial charge is 0.282 e. The van der Waals surface area contributed by atoms with E-state index in [0.717, 1.165) is 14.5 Å². The Labute approximate surface area is 198 Å². The minimum atomic E-state index is -0.385. The average Bonchev–Trinajstić information content (AvgIpc) is 2.70. The first-order valence-electron chi connectivity index (χ1n) is 10.0. The molecule has 3 aromatic rings. The SMILES string of the molecule is CCOc1cc(Br)c(C=Nn2c(C(C)(C)C)nc3ccc(Br)cc3c2=O)cc1OCC. The van der Waals surface area contributed by atoms with E-state index in [-0.39, 0.29) is 11.0 Å². The lowest BCUT2D eigenvalue weighted by Crippen LogP contribution is -2.29. The zero-order valence-electron chi connectivity index (χ0n) is 18.2. The van der Waals surface area contributed by atoms with Crippen LogP contribution in [0.15, 0.2) is 49.2 Å². The van der Waals surface area contributed by atoms with Crippen LogP contribution in [0.3, 0.4) is 0 Å². The Balaban J connectivity index is 2.17. The fraction of sp³-hybridized carbons (Fsp3) is 0.348. The van der Waals surface area contributed by atoms with E-state index >= 15 is 0 Å². The highest BCUT2D eigenvalue weighted by Crippen LogP contribution is 2.33. The third-order valence-corrected chi connectivity index (χ3v) is 5.63. The molecule has 6 nitrogen and oxygen atoms in total. The fourth-order valence-corrected chi connectivity index (χ4v) is 3.83. The fourth-order valence-electron chi connectivity index (χ4n) is 3.05. The summed E-state index contributed by atoms with van der Waals surface area (Å²) in [4.78, 5) is 18.0. The van der Waals surface area contributed by atoms with Crippen molar-refractivity contribution in [2.45, 2.75) is 40.0 Å². The van der Waals surface area contributed by atoms with Crippen molar-refractivity contribution in [3.05, 3.63) is 61.0 Å². The van der Waals surface area contributed by atoms with Crippen LogP contribution in [0.2, 0.25) is 0 Å². The normalized spacial score (nSPS) is 12.0. The zero-order chi connectivity index (χ0) is 22.8. The van der Waals surface area contributed by atoms with Gasteiger partial charge in [-0.05, 0) is 60.1 Å². The van der Waals surface area contributed by atoms with Crippen molar-refractivity contribution in [1.82, 2.24) is 9.66 Å². The van der Waals surface area contributed by atoms with Crippen molar-refractivity contribution in [3.63, 3.8) is 0 Å². The van der Waals surface area contributed by atoms with Gasteiger partial charge in [-0.25, -0.2) is 4.98 Å². The molecule has 1 heterocycles. The Hall–Kier alpha value is -2.19. The summed E-state index contributed by atoms with van der Waals surface area (Å²) < 4.78 is 14.3. The summed E-state index contributed by atoms with van der Waals surface area (Å²) in [5.41, 5.74) is 0.794. The van der Waals surface area contributed by atoms with Crippen LogP contribution in [0.1, 0.15) is 46.0 Å². The number of hydrogen-bond donors (Lipinski definition) is 0. The number of benzene rings is 2. The Bertz CT molecular complexity index is 1200. The minimum absolute atomic E-state index is 0.223. The maximum absolute atomic E-state index is 13.3. The molecule has 3 rings (SSSR count). The summed E-state index contributed by atoms with van der Waals surface area (Å²) >= 11 is 7.00. The molecule has 8 heteroatoms. The van der Waals surface area contributed by atoms with Gasteiger partial charge in [0.25, 0.3) is 5.56 Å². The number of hydrogen-bond acceptors (Lipinski definition) is 5. The molecule has 0 aliphatic carbocycles. The van der Waals surface area contributed by atoms with Crippen LogP contribution < -0.4 is 15.0 Å². The molecule has 0 atom stereocenters. The van der Waals surface area contributed by atoms with Crippen LogP contribution >= 0.6 is 31.9 Å².